The van der Waals surface area contributed by atoms with Crippen molar-refractivity contribution in [2.45, 2.75) is 38.9 Å². The predicted octanol–water partition coefficient (Wildman–Crippen LogP) is 1.39. The number of carbonyl (C=O) groups excluding carboxylic acids is 1. The van der Waals surface area contributed by atoms with Crippen molar-refractivity contribution in [2.24, 2.45) is 11.8 Å². The minimum absolute atomic E-state index is 0.142. The van der Waals surface area contributed by atoms with E-state index in [1.165, 1.54) is 0 Å². The Morgan fingerprint density at radius 3 is 2.09 bits per heavy atom. The van der Waals surface area contributed by atoms with Crippen molar-refractivity contribution >= 4 is 5.78 Å². The van der Waals surface area contributed by atoms with E-state index in [-0.39, 0.29) is 24.0 Å². The Hall–Kier alpha value is -0.370. The van der Waals surface area contributed by atoms with Crippen LogP contribution in [-0.4, -0.2) is 18.0 Å². The highest BCUT2D eigenvalue weighted by Gasteiger charge is 2.44. The monoisotopic (exact) mass is 154 g/mol. The van der Waals surface area contributed by atoms with E-state index in [0.29, 0.717) is 5.78 Å². The normalized spacial score (nSPS) is 49.8. The highest BCUT2D eigenvalue weighted by atomic mass is 16.5. The summed E-state index contributed by atoms with van der Waals surface area (Å²) < 4.78 is 5.67. The third-order valence-electron chi connectivity index (χ3n) is 3.10. The van der Waals surface area contributed by atoms with Gasteiger partial charge in [-0.2, -0.15) is 0 Å². The first-order chi connectivity index (χ1) is 5.20. The van der Waals surface area contributed by atoms with Gasteiger partial charge in [-0.05, 0) is 12.8 Å². The number of hydrogen-bond acceptors (Lipinski definition) is 2. The maximum absolute atomic E-state index is 11.5. The van der Waals surface area contributed by atoms with Gasteiger partial charge in [0.25, 0.3) is 0 Å². The van der Waals surface area contributed by atoms with Crippen LogP contribution in [0.5, 0.6) is 0 Å². The van der Waals surface area contributed by atoms with Crippen LogP contribution in [-0.2, 0) is 9.53 Å². The van der Waals surface area contributed by atoms with Crippen LogP contribution in [0.1, 0.15) is 26.7 Å². The molecule has 2 fully saturated rings. The van der Waals surface area contributed by atoms with E-state index in [2.05, 4.69) is 0 Å². The summed E-state index contributed by atoms with van der Waals surface area (Å²) >= 11 is 0. The summed E-state index contributed by atoms with van der Waals surface area (Å²) in [4.78, 5) is 11.5. The highest BCUT2D eigenvalue weighted by Crippen LogP contribution is 2.37. The lowest BCUT2D eigenvalue weighted by Gasteiger charge is -2.30. The molecule has 2 saturated heterocycles. The molecule has 11 heavy (non-hydrogen) atoms. The molecule has 0 N–H and O–H groups in total. The molecule has 2 bridgehead atoms. The Balaban J connectivity index is 2.23. The number of rotatable bonds is 0. The largest absolute Gasteiger partial charge is 0.374 e. The smallest absolute Gasteiger partial charge is 0.143 e. The molecule has 0 aromatic rings. The molecule has 2 heterocycles. The van der Waals surface area contributed by atoms with Crippen molar-refractivity contribution in [1.29, 1.82) is 0 Å². The zero-order valence-corrected chi connectivity index (χ0v) is 7.04. The van der Waals surface area contributed by atoms with Crippen LogP contribution in [0, 0.1) is 11.8 Å². The SMILES string of the molecule is C[C@@H]1C(=O)[C@H](C)[C@@H]2CC[C@H]1O2. The van der Waals surface area contributed by atoms with Gasteiger partial charge in [0.05, 0.1) is 12.2 Å². The zero-order valence-electron chi connectivity index (χ0n) is 7.04. The van der Waals surface area contributed by atoms with Gasteiger partial charge in [0, 0.05) is 11.8 Å². The Bertz CT molecular complexity index is 170. The van der Waals surface area contributed by atoms with Crippen LogP contribution in [0.3, 0.4) is 0 Å². The van der Waals surface area contributed by atoms with E-state index < -0.39 is 0 Å². The lowest BCUT2D eigenvalue weighted by atomic mass is 9.89. The Labute approximate surface area is 66.9 Å². The quantitative estimate of drug-likeness (QED) is 0.527. The molecule has 2 aliphatic heterocycles. The number of ether oxygens (including phenoxy) is 1. The van der Waals surface area contributed by atoms with Gasteiger partial charge in [-0.15, -0.1) is 0 Å². The van der Waals surface area contributed by atoms with E-state index >= 15 is 0 Å². The predicted molar refractivity (Wildman–Crippen MR) is 41.2 cm³/mol. The summed E-state index contributed by atoms with van der Waals surface area (Å²) in [6.45, 7) is 3.98. The zero-order chi connectivity index (χ0) is 8.01. The first kappa shape index (κ1) is 7.29. The molecule has 0 spiro atoms. The second-order valence-corrected chi connectivity index (χ2v) is 3.77. The Morgan fingerprint density at radius 2 is 1.64 bits per heavy atom. The molecular formula is C9H14O2. The second-order valence-electron chi connectivity index (χ2n) is 3.77. The minimum atomic E-state index is 0.142. The van der Waals surface area contributed by atoms with Gasteiger partial charge in [0.2, 0.25) is 0 Å². The van der Waals surface area contributed by atoms with E-state index in [1.807, 2.05) is 13.8 Å². The summed E-state index contributed by atoms with van der Waals surface area (Å²) in [6.07, 6.45) is 2.65. The molecule has 0 radical (unpaired) electrons. The summed E-state index contributed by atoms with van der Waals surface area (Å²) in [6, 6.07) is 0. The minimum Gasteiger partial charge on any atom is -0.374 e. The Morgan fingerprint density at radius 1 is 1.18 bits per heavy atom. The van der Waals surface area contributed by atoms with Gasteiger partial charge in [-0.3, -0.25) is 4.79 Å². The second kappa shape index (κ2) is 2.31. The van der Waals surface area contributed by atoms with Gasteiger partial charge >= 0.3 is 0 Å². The van der Waals surface area contributed by atoms with Gasteiger partial charge in [-0.25, -0.2) is 0 Å². The standard InChI is InChI=1S/C9H14O2/c1-5-7-3-4-8(11-7)6(2)9(5)10/h5-8H,3-4H2,1-2H3/t5-,6+,7+,8-. The first-order valence-electron chi connectivity index (χ1n) is 4.39. The van der Waals surface area contributed by atoms with Gasteiger partial charge in [0.15, 0.2) is 0 Å². The average molecular weight is 154 g/mol. The molecule has 4 atom stereocenters. The van der Waals surface area contributed by atoms with Crippen molar-refractivity contribution < 1.29 is 9.53 Å². The Kier molecular flexibility index (Phi) is 1.53. The van der Waals surface area contributed by atoms with Gasteiger partial charge in [0.1, 0.15) is 5.78 Å². The maximum atomic E-state index is 11.5. The first-order valence-corrected chi connectivity index (χ1v) is 4.39. The molecule has 0 unspecified atom stereocenters. The lowest BCUT2D eigenvalue weighted by molar-refractivity contribution is -0.144. The highest BCUT2D eigenvalue weighted by molar-refractivity contribution is 5.84. The van der Waals surface area contributed by atoms with Crippen LogP contribution in [0.4, 0.5) is 0 Å². The summed E-state index contributed by atoms with van der Waals surface area (Å²) in [5.74, 6) is 0.691. The van der Waals surface area contributed by atoms with Crippen molar-refractivity contribution in [3.05, 3.63) is 0 Å². The van der Waals surface area contributed by atoms with Crippen LogP contribution < -0.4 is 0 Å². The van der Waals surface area contributed by atoms with E-state index in [0.717, 1.165) is 12.8 Å². The molecule has 2 heteroatoms. The van der Waals surface area contributed by atoms with Crippen molar-refractivity contribution in [2.75, 3.05) is 0 Å². The number of carbonyl (C=O) groups is 1. The van der Waals surface area contributed by atoms with E-state index in [9.17, 15) is 4.79 Å². The van der Waals surface area contributed by atoms with Crippen LogP contribution in [0.2, 0.25) is 0 Å². The molecule has 2 nitrogen and oxygen atoms in total. The molecular weight excluding hydrogens is 140 g/mol. The van der Waals surface area contributed by atoms with Gasteiger partial charge in [-0.1, -0.05) is 13.8 Å². The van der Waals surface area contributed by atoms with E-state index in [4.69, 9.17) is 4.74 Å². The third kappa shape index (κ3) is 0.924. The van der Waals surface area contributed by atoms with Crippen molar-refractivity contribution in [3.63, 3.8) is 0 Å². The van der Waals surface area contributed by atoms with E-state index in [1.54, 1.807) is 0 Å². The van der Waals surface area contributed by atoms with Crippen LogP contribution in [0.15, 0.2) is 0 Å². The van der Waals surface area contributed by atoms with Crippen LogP contribution >= 0.6 is 0 Å². The fourth-order valence-corrected chi connectivity index (χ4v) is 2.21. The fraction of sp³-hybridized carbons (Fsp3) is 0.889. The molecule has 62 valence electrons. The average Bonchev–Trinajstić information content (AvgIpc) is 2.44. The molecule has 0 aromatic heterocycles. The molecule has 2 aliphatic rings. The summed E-state index contributed by atoms with van der Waals surface area (Å²) in [5, 5.41) is 0. The summed E-state index contributed by atoms with van der Waals surface area (Å²) in [7, 11) is 0. The number of hydrogen-bond donors (Lipinski definition) is 0. The third-order valence-corrected chi connectivity index (χ3v) is 3.10. The number of fused-ring (bicyclic) bond motifs is 2. The van der Waals surface area contributed by atoms with Gasteiger partial charge < -0.3 is 4.74 Å². The molecule has 0 saturated carbocycles. The number of ketones is 1. The van der Waals surface area contributed by atoms with Crippen molar-refractivity contribution in [1.82, 2.24) is 0 Å². The maximum Gasteiger partial charge on any atom is 0.143 e. The molecule has 2 rings (SSSR count). The van der Waals surface area contributed by atoms with Crippen LogP contribution in [0.25, 0.3) is 0 Å². The molecule has 0 aliphatic carbocycles. The molecule has 0 aromatic carbocycles. The van der Waals surface area contributed by atoms with Crippen molar-refractivity contribution in [3.8, 4) is 0 Å². The fourth-order valence-electron chi connectivity index (χ4n) is 2.21. The lowest BCUT2D eigenvalue weighted by Crippen LogP contribution is -2.40. The topological polar surface area (TPSA) is 26.3 Å². The number of Topliss-reactive ketones (excluding diaryl/α,β-unsaturated/α-hetero) is 1. The summed E-state index contributed by atoms with van der Waals surface area (Å²) in [5.41, 5.74) is 0. The molecule has 0 amide bonds.